The van der Waals surface area contributed by atoms with Crippen molar-refractivity contribution < 1.29 is 18.0 Å². The Morgan fingerprint density at radius 3 is 2.52 bits per heavy atom. The first-order chi connectivity index (χ1) is 14.8. The van der Waals surface area contributed by atoms with Crippen LogP contribution >= 0.6 is 0 Å². The second-order valence-corrected chi connectivity index (χ2v) is 8.23. The normalized spacial score (nSPS) is 19.6. The predicted octanol–water partition coefficient (Wildman–Crippen LogP) is 3.46. The van der Waals surface area contributed by atoms with Crippen LogP contribution in [0.4, 0.5) is 18.9 Å². The van der Waals surface area contributed by atoms with E-state index >= 15 is 0 Å². The number of carbonyl (C=O) groups is 1. The Labute approximate surface area is 181 Å². The van der Waals surface area contributed by atoms with Crippen molar-refractivity contribution in [2.45, 2.75) is 51.9 Å². The number of nitrogens with zero attached hydrogens (tertiary/aromatic N) is 3. The molecule has 1 heterocycles. The maximum Gasteiger partial charge on any atom is 0.403 e. The minimum atomic E-state index is -4.21. The van der Waals surface area contributed by atoms with Gasteiger partial charge in [-0.25, -0.2) is 4.99 Å². The highest BCUT2D eigenvalue weighted by Gasteiger charge is 2.41. The van der Waals surface area contributed by atoms with Gasteiger partial charge in [-0.1, -0.05) is 18.6 Å². The van der Waals surface area contributed by atoms with Crippen LogP contribution in [0.5, 0.6) is 0 Å². The lowest BCUT2D eigenvalue weighted by atomic mass is 9.85. The molecule has 1 aromatic carbocycles. The van der Waals surface area contributed by atoms with Crippen LogP contribution in [0.2, 0.25) is 0 Å². The summed E-state index contributed by atoms with van der Waals surface area (Å²) in [7, 11) is 0. The van der Waals surface area contributed by atoms with E-state index in [9.17, 15) is 18.0 Å². The van der Waals surface area contributed by atoms with Crippen molar-refractivity contribution in [3.63, 3.8) is 0 Å². The number of piperazine rings is 1. The van der Waals surface area contributed by atoms with Crippen molar-refractivity contribution in [1.29, 1.82) is 0 Å². The summed E-state index contributed by atoms with van der Waals surface area (Å²) < 4.78 is 38.9. The zero-order valence-corrected chi connectivity index (χ0v) is 18.2. The van der Waals surface area contributed by atoms with Gasteiger partial charge in [0.25, 0.3) is 0 Å². The third-order valence-corrected chi connectivity index (χ3v) is 6.05. The number of amides is 1. The van der Waals surface area contributed by atoms with Gasteiger partial charge in [-0.05, 0) is 44.4 Å². The quantitative estimate of drug-likeness (QED) is 0.527. The fraction of sp³-hybridized carbons (Fsp3) is 0.636. The number of alkyl halides is 3. The van der Waals surface area contributed by atoms with Crippen molar-refractivity contribution in [2.24, 2.45) is 10.9 Å². The molecule has 0 radical (unpaired) electrons. The first-order valence-electron chi connectivity index (χ1n) is 11.0. The smallest absolute Gasteiger partial charge is 0.357 e. The van der Waals surface area contributed by atoms with Gasteiger partial charge in [0.05, 0.1) is 6.54 Å². The molecule has 2 fully saturated rings. The van der Waals surface area contributed by atoms with Gasteiger partial charge in [0, 0.05) is 44.3 Å². The topological polar surface area (TPSA) is 60.0 Å². The number of aliphatic imine (C=N–C) groups is 1. The Morgan fingerprint density at radius 1 is 1.23 bits per heavy atom. The third kappa shape index (κ3) is 6.35. The zero-order valence-electron chi connectivity index (χ0n) is 18.2. The van der Waals surface area contributed by atoms with E-state index in [0.717, 1.165) is 30.5 Å². The van der Waals surface area contributed by atoms with E-state index in [1.807, 2.05) is 36.1 Å². The zero-order chi connectivity index (χ0) is 22.4. The predicted molar refractivity (Wildman–Crippen MR) is 116 cm³/mol. The summed E-state index contributed by atoms with van der Waals surface area (Å²) in [6.45, 7) is 5.94. The lowest BCUT2D eigenvalue weighted by Crippen LogP contribution is -2.56. The van der Waals surface area contributed by atoms with Gasteiger partial charge in [-0.15, -0.1) is 0 Å². The van der Waals surface area contributed by atoms with Gasteiger partial charge < -0.3 is 15.5 Å². The fourth-order valence-electron chi connectivity index (χ4n) is 3.78. The molecule has 0 aromatic heterocycles. The molecule has 2 aliphatic rings. The van der Waals surface area contributed by atoms with Crippen molar-refractivity contribution >= 4 is 17.6 Å². The van der Waals surface area contributed by atoms with Gasteiger partial charge in [0.15, 0.2) is 5.96 Å². The molecule has 1 amide bonds. The molecule has 1 unspecified atom stereocenters. The van der Waals surface area contributed by atoms with Gasteiger partial charge in [0.1, 0.15) is 6.04 Å². The Kier molecular flexibility index (Phi) is 7.80. The molecule has 3 rings (SSSR count). The number of benzene rings is 1. The Balaban J connectivity index is 1.58. The maximum absolute atomic E-state index is 13.0. The van der Waals surface area contributed by atoms with Crippen LogP contribution in [-0.2, 0) is 11.3 Å². The summed E-state index contributed by atoms with van der Waals surface area (Å²) in [4.78, 5) is 20.3. The monoisotopic (exact) mass is 439 g/mol. The second-order valence-electron chi connectivity index (χ2n) is 8.23. The van der Waals surface area contributed by atoms with Crippen LogP contribution in [0.1, 0.15) is 38.7 Å². The summed E-state index contributed by atoms with van der Waals surface area (Å²) in [6.07, 6.45) is -1.18. The van der Waals surface area contributed by atoms with E-state index in [2.05, 4.69) is 15.6 Å². The van der Waals surface area contributed by atoms with Crippen LogP contribution in [0, 0.1) is 5.92 Å². The molecule has 0 spiro atoms. The molecule has 31 heavy (non-hydrogen) atoms. The van der Waals surface area contributed by atoms with Crippen LogP contribution < -0.4 is 10.6 Å². The molecule has 172 valence electrons. The van der Waals surface area contributed by atoms with E-state index < -0.39 is 12.2 Å². The average Bonchev–Trinajstić information content (AvgIpc) is 2.69. The highest BCUT2D eigenvalue weighted by molar-refractivity contribution is 5.93. The van der Waals surface area contributed by atoms with Gasteiger partial charge in [-0.3, -0.25) is 9.69 Å². The summed E-state index contributed by atoms with van der Waals surface area (Å²) >= 11 is 0. The lowest BCUT2D eigenvalue weighted by Gasteiger charge is -2.39. The Morgan fingerprint density at radius 2 is 1.94 bits per heavy atom. The minimum Gasteiger partial charge on any atom is -0.357 e. The van der Waals surface area contributed by atoms with Crippen LogP contribution in [0.3, 0.4) is 0 Å². The van der Waals surface area contributed by atoms with Crippen LogP contribution in [-0.4, -0.2) is 66.6 Å². The summed E-state index contributed by atoms with van der Waals surface area (Å²) in [5.41, 5.74) is 1.73. The standard InChI is InChI=1S/C22H32F3N5O/c1-3-26-21(30-12-10-29(11-13-30)16(2)22(23,24)25)27-15-17-6-4-9-19(14-17)28-20(31)18-7-5-8-18/h4,6,9,14,16,18H,3,5,7-8,10-13,15H2,1-2H3,(H,26,27)(H,28,31). The number of carbonyl (C=O) groups excluding carboxylic acids is 1. The molecule has 0 bridgehead atoms. The minimum absolute atomic E-state index is 0.0752. The maximum atomic E-state index is 13.0. The summed E-state index contributed by atoms with van der Waals surface area (Å²) in [6, 6.07) is 6.20. The van der Waals surface area contributed by atoms with E-state index in [1.54, 1.807) is 0 Å². The molecule has 6 nitrogen and oxygen atoms in total. The Hall–Kier alpha value is -2.29. The molecular formula is C22H32F3N5O. The number of guanidine groups is 1. The molecule has 1 saturated heterocycles. The number of anilines is 1. The van der Waals surface area contributed by atoms with Gasteiger partial charge in [-0.2, -0.15) is 13.2 Å². The summed E-state index contributed by atoms with van der Waals surface area (Å²) in [5, 5.41) is 6.22. The van der Waals surface area contributed by atoms with Crippen LogP contribution in [0.25, 0.3) is 0 Å². The lowest BCUT2D eigenvalue weighted by molar-refractivity contribution is -0.181. The number of nitrogens with one attached hydrogen (secondary N) is 2. The first kappa shape index (κ1) is 23.4. The molecule has 1 aliphatic carbocycles. The van der Waals surface area contributed by atoms with Crippen molar-refractivity contribution in [3.05, 3.63) is 29.8 Å². The van der Waals surface area contributed by atoms with E-state index in [-0.39, 0.29) is 11.8 Å². The molecular weight excluding hydrogens is 407 g/mol. The summed E-state index contributed by atoms with van der Waals surface area (Å²) in [5.74, 6) is 0.901. The Bertz CT molecular complexity index is 771. The number of hydrogen-bond acceptors (Lipinski definition) is 3. The average molecular weight is 440 g/mol. The molecule has 1 atom stereocenters. The number of hydrogen-bond donors (Lipinski definition) is 2. The molecule has 2 N–H and O–H groups in total. The van der Waals surface area contributed by atoms with Gasteiger partial charge in [0.2, 0.25) is 5.91 Å². The highest BCUT2D eigenvalue weighted by atomic mass is 19.4. The molecule has 1 saturated carbocycles. The molecule has 1 aromatic rings. The fourth-order valence-corrected chi connectivity index (χ4v) is 3.78. The van der Waals surface area contributed by atoms with Gasteiger partial charge >= 0.3 is 6.18 Å². The van der Waals surface area contributed by atoms with Crippen LogP contribution in [0.15, 0.2) is 29.3 Å². The van der Waals surface area contributed by atoms with Crippen molar-refractivity contribution in [1.82, 2.24) is 15.1 Å². The highest BCUT2D eigenvalue weighted by Crippen LogP contribution is 2.28. The molecule has 9 heteroatoms. The van der Waals surface area contributed by atoms with E-state index in [0.29, 0.717) is 45.2 Å². The largest absolute Gasteiger partial charge is 0.403 e. The molecule has 1 aliphatic heterocycles. The number of rotatable bonds is 6. The number of halogens is 3. The second kappa shape index (κ2) is 10.3. The third-order valence-electron chi connectivity index (χ3n) is 6.05. The van der Waals surface area contributed by atoms with E-state index in [4.69, 9.17) is 0 Å². The van der Waals surface area contributed by atoms with Crippen molar-refractivity contribution in [3.8, 4) is 0 Å². The SMILES string of the molecule is CCNC(=NCc1cccc(NC(=O)C2CCC2)c1)N1CCN(C(C)C(F)(F)F)CC1. The van der Waals surface area contributed by atoms with E-state index in [1.165, 1.54) is 11.8 Å². The first-order valence-corrected chi connectivity index (χ1v) is 11.0. The van der Waals surface area contributed by atoms with Crippen molar-refractivity contribution in [2.75, 3.05) is 38.0 Å².